The Morgan fingerprint density at radius 3 is 2.02 bits per heavy atom. The first-order valence-corrected chi connectivity index (χ1v) is 15.4. The largest absolute Gasteiger partial charge is 0.378 e. The molecule has 5 rings (SSSR count). The van der Waals surface area contributed by atoms with Crippen LogP contribution < -0.4 is 9.08 Å². The third-order valence-corrected chi connectivity index (χ3v) is 8.84. The molecule has 1 saturated heterocycles. The first kappa shape index (κ1) is 27.9. The standard InChI is InChI=1S/C31H25BrN2O4S2/c1-20-4-11-25(12-5-20)33-31-34(26-13-6-21(2)7-14-26)30(35)29(39-31)19-23-18-24(32)10-17-28(23)38-40(36,37)27-15-8-22(3)9-16-27/h4-19H,1-3H3/b29-19-,33-31?. The number of anilines is 1. The molecule has 1 amide bonds. The number of amidine groups is 1. The number of aryl methyl sites for hydroxylation is 3. The van der Waals surface area contributed by atoms with E-state index in [0.29, 0.717) is 25.8 Å². The van der Waals surface area contributed by atoms with Crippen molar-refractivity contribution in [3.8, 4) is 5.75 Å². The van der Waals surface area contributed by atoms with Crippen molar-refractivity contribution in [1.82, 2.24) is 0 Å². The van der Waals surface area contributed by atoms with Crippen molar-refractivity contribution < 1.29 is 17.4 Å². The molecule has 4 aromatic carbocycles. The first-order valence-electron chi connectivity index (χ1n) is 12.4. The van der Waals surface area contributed by atoms with Crippen LogP contribution in [0.5, 0.6) is 5.75 Å². The van der Waals surface area contributed by atoms with Gasteiger partial charge in [-0.05, 0) is 93.2 Å². The molecule has 4 aromatic rings. The molecule has 1 aliphatic rings. The van der Waals surface area contributed by atoms with Crippen LogP contribution in [0.1, 0.15) is 22.3 Å². The van der Waals surface area contributed by atoms with Gasteiger partial charge in [0.15, 0.2) is 5.17 Å². The minimum atomic E-state index is -4.10. The normalized spacial score (nSPS) is 15.7. The highest BCUT2D eigenvalue weighted by Gasteiger charge is 2.35. The summed E-state index contributed by atoms with van der Waals surface area (Å²) in [5.41, 5.74) is 4.95. The van der Waals surface area contributed by atoms with E-state index in [2.05, 4.69) is 15.9 Å². The second-order valence-corrected chi connectivity index (χ2v) is 12.8. The maximum Gasteiger partial charge on any atom is 0.339 e. The average Bonchev–Trinajstić information content (AvgIpc) is 3.22. The number of aliphatic imine (C=N–C) groups is 1. The minimum Gasteiger partial charge on any atom is -0.378 e. The molecule has 1 aliphatic heterocycles. The van der Waals surface area contributed by atoms with Crippen molar-refractivity contribution in [3.05, 3.63) is 123 Å². The van der Waals surface area contributed by atoms with Gasteiger partial charge in [0.1, 0.15) is 10.6 Å². The van der Waals surface area contributed by atoms with Crippen LogP contribution in [0.3, 0.4) is 0 Å². The van der Waals surface area contributed by atoms with Crippen LogP contribution in [0.4, 0.5) is 11.4 Å². The summed E-state index contributed by atoms with van der Waals surface area (Å²) in [6.07, 6.45) is 1.64. The van der Waals surface area contributed by atoms with Crippen molar-refractivity contribution in [1.29, 1.82) is 0 Å². The number of rotatable bonds is 6. The molecule has 0 atom stereocenters. The van der Waals surface area contributed by atoms with E-state index in [1.165, 1.54) is 23.9 Å². The predicted octanol–water partition coefficient (Wildman–Crippen LogP) is 7.95. The minimum absolute atomic E-state index is 0.0454. The van der Waals surface area contributed by atoms with Gasteiger partial charge in [-0.3, -0.25) is 9.69 Å². The summed E-state index contributed by atoms with van der Waals surface area (Å²) in [4.78, 5) is 20.5. The van der Waals surface area contributed by atoms with Gasteiger partial charge in [0.2, 0.25) is 0 Å². The van der Waals surface area contributed by atoms with Gasteiger partial charge >= 0.3 is 10.1 Å². The van der Waals surface area contributed by atoms with Gasteiger partial charge in [-0.15, -0.1) is 0 Å². The third-order valence-electron chi connectivity index (χ3n) is 6.12. The molecule has 1 heterocycles. The Kier molecular flexibility index (Phi) is 7.98. The zero-order valence-corrected chi connectivity index (χ0v) is 25.2. The zero-order valence-electron chi connectivity index (χ0n) is 22.0. The maximum absolute atomic E-state index is 13.8. The molecule has 1 fully saturated rings. The van der Waals surface area contributed by atoms with Gasteiger partial charge in [0.25, 0.3) is 5.91 Å². The number of halogens is 1. The van der Waals surface area contributed by atoms with Crippen LogP contribution in [0.2, 0.25) is 0 Å². The zero-order chi connectivity index (χ0) is 28.4. The topological polar surface area (TPSA) is 76.0 Å². The number of nitrogens with zero attached hydrogens (tertiary/aromatic N) is 2. The van der Waals surface area contributed by atoms with E-state index in [1.54, 1.807) is 41.3 Å². The Morgan fingerprint density at radius 1 is 0.825 bits per heavy atom. The van der Waals surface area contributed by atoms with Gasteiger partial charge in [0, 0.05) is 10.0 Å². The van der Waals surface area contributed by atoms with Crippen molar-refractivity contribution in [2.24, 2.45) is 4.99 Å². The highest BCUT2D eigenvalue weighted by Crippen LogP contribution is 2.39. The van der Waals surface area contributed by atoms with Crippen LogP contribution in [0, 0.1) is 20.8 Å². The summed E-state index contributed by atoms with van der Waals surface area (Å²) in [5, 5.41) is 0.494. The molecule has 0 unspecified atom stereocenters. The number of carbonyl (C=O) groups is 1. The lowest BCUT2D eigenvalue weighted by molar-refractivity contribution is -0.113. The predicted molar refractivity (Wildman–Crippen MR) is 166 cm³/mol. The van der Waals surface area contributed by atoms with Gasteiger partial charge in [-0.1, -0.05) is 69.0 Å². The summed E-state index contributed by atoms with van der Waals surface area (Å²) in [5.74, 6) is -0.164. The van der Waals surface area contributed by atoms with E-state index in [9.17, 15) is 13.2 Å². The molecular formula is C31H25BrN2O4S2. The van der Waals surface area contributed by atoms with Crippen molar-refractivity contribution in [3.63, 3.8) is 0 Å². The fourth-order valence-corrected chi connectivity index (χ4v) is 6.24. The molecule has 0 N–H and O–H groups in total. The second kappa shape index (κ2) is 11.4. The van der Waals surface area contributed by atoms with Gasteiger partial charge in [-0.25, -0.2) is 4.99 Å². The fourth-order valence-electron chi connectivity index (χ4n) is 3.92. The molecule has 0 bridgehead atoms. The molecular weight excluding hydrogens is 608 g/mol. The smallest absolute Gasteiger partial charge is 0.339 e. The van der Waals surface area contributed by atoms with Crippen LogP contribution in [0.25, 0.3) is 6.08 Å². The van der Waals surface area contributed by atoms with E-state index >= 15 is 0 Å². The number of benzene rings is 4. The Hall–Kier alpha value is -3.66. The van der Waals surface area contributed by atoms with E-state index in [-0.39, 0.29) is 16.6 Å². The molecule has 0 aromatic heterocycles. The lowest BCUT2D eigenvalue weighted by atomic mass is 10.2. The Labute approximate surface area is 246 Å². The van der Waals surface area contributed by atoms with Crippen LogP contribution >= 0.6 is 27.7 Å². The summed E-state index contributed by atoms with van der Waals surface area (Å²) in [6, 6.07) is 26.8. The van der Waals surface area contributed by atoms with Crippen molar-refractivity contribution in [2.75, 3.05) is 4.90 Å². The van der Waals surface area contributed by atoms with E-state index in [4.69, 9.17) is 9.18 Å². The summed E-state index contributed by atoms with van der Waals surface area (Å²) < 4.78 is 32.3. The Balaban J connectivity index is 1.55. The number of amides is 1. The molecule has 0 saturated carbocycles. The van der Waals surface area contributed by atoms with Crippen LogP contribution in [-0.2, 0) is 14.9 Å². The lowest BCUT2D eigenvalue weighted by Crippen LogP contribution is -2.28. The van der Waals surface area contributed by atoms with Crippen molar-refractivity contribution >= 4 is 66.3 Å². The van der Waals surface area contributed by atoms with E-state index < -0.39 is 10.1 Å². The van der Waals surface area contributed by atoms with Crippen LogP contribution in [-0.4, -0.2) is 19.5 Å². The van der Waals surface area contributed by atoms with Gasteiger partial charge in [0.05, 0.1) is 16.3 Å². The highest BCUT2D eigenvalue weighted by molar-refractivity contribution is 9.10. The molecule has 0 radical (unpaired) electrons. The Bertz CT molecular complexity index is 1750. The van der Waals surface area contributed by atoms with E-state index in [0.717, 1.165) is 22.4 Å². The van der Waals surface area contributed by atoms with Crippen LogP contribution in [0.15, 0.2) is 110 Å². The fraction of sp³-hybridized carbons (Fsp3) is 0.0968. The number of thioether (sulfide) groups is 1. The molecule has 6 nitrogen and oxygen atoms in total. The highest BCUT2D eigenvalue weighted by atomic mass is 79.9. The molecule has 0 aliphatic carbocycles. The second-order valence-electron chi connectivity index (χ2n) is 9.35. The Morgan fingerprint density at radius 2 is 1.40 bits per heavy atom. The van der Waals surface area contributed by atoms with Gasteiger partial charge < -0.3 is 4.18 Å². The molecule has 202 valence electrons. The molecule has 0 spiro atoms. The summed E-state index contributed by atoms with van der Waals surface area (Å²) in [6.45, 7) is 5.86. The number of carbonyl (C=O) groups excluding carboxylic acids is 1. The van der Waals surface area contributed by atoms with Gasteiger partial charge in [-0.2, -0.15) is 8.42 Å². The monoisotopic (exact) mass is 632 g/mol. The van der Waals surface area contributed by atoms with Crippen molar-refractivity contribution in [2.45, 2.75) is 25.7 Å². The quantitative estimate of drug-likeness (QED) is 0.159. The summed E-state index contributed by atoms with van der Waals surface area (Å²) in [7, 11) is -4.10. The third kappa shape index (κ3) is 6.22. The first-order chi connectivity index (χ1) is 19.1. The maximum atomic E-state index is 13.8. The SMILES string of the molecule is Cc1ccc(N=C2S/C(=C\c3cc(Br)ccc3OS(=O)(=O)c3ccc(C)cc3)C(=O)N2c2ccc(C)cc2)cc1. The number of hydrogen-bond donors (Lipinski definition) is 0. The average molecular weight is 634 g/mol. The molecule has 9 heteroatoms. The lowest BCUT2D eigenvalue weighted by Gasteiger charge is -2.16. The van der Waals surface area contributed by atoms with E-state index in [1.807, 2.05) is 69.3 Å². The number of hydrogen-bond acceptors (Lipinski definition) is 6. The summed E-state index contributed by atoms with van der Waals surface area (Å²) >= 11 is 4.67. The molecule has 40 heavy (non-hydrogen) atoms.